The lowest BCUT2D eigenvalue weighted by atomic mass is 9.96. The van der Waals surface area contributed by atoms with Gasteiger partial charge in [-0.05, 0) is 33.6 Å². The molecular formula is C14H21N3O4. The summed E-state index contributed by atoms with van der Waals surface area (Å²) in [6.45, 7) is 6.55. The van der Waals surface area contributed by atoms with Gasteiger partial charge in [0.2, 0.25) is 5.91 Å². The molecule has 116 valence electrons. The van der Waals surface area contributed by atoms with Crippen molar-refractivity contribution in [3.05, 3.63) is 12.3 Å². The molecule has 0 aromatic carbocycles. The first-order valence-corrected chi connectivity index (χ1v) is 7.04. The normalized spacial score (nSPS) is 16.6. The molecular weight excluding hydrogens is 274 g/mol. The standard InChI is InChI=1S/C14H21N3O4/c1-14(2,3)21-13(19)17-7-4-10(5-8-17)12(18)15-11-6-9-20-16-11/h6,9-10H,4-5,7-8H2,1-3H3,(H,15,16,18). The number of rotatable bonds is 2. The summed E-state index contributed by atoms with van der Waals surface area (Å²) in [5.74, 6) is 0.197. The molecule has 7 heteroatoms. The molecule has 21 heavy (non-hydrogen) atoms. The van der Waals surface area contributed by atoms with Crippen molar-refractivity contribution < 1.29 is 18.8 Å². The van der Waals surface area contributed by atoms with Crippen molar-refractivity contribution in [2.24, 2.45) is 5.92 Å². The molecule has 0 aliphatic carbocycles. The molecule has 1 fully saturated rings. The van der Waals surface area contributed by atoms with E-state index in [0.29, 0.717) is 31.7 Å². The summed E-state index contributed by atoms with van der Waals surface area (Å²) in [5.41, 5.74) is -0.502. The largest absolute Gasteiger partial charge is 0.444 e. The lowest BCUT2D eigenvalue weighted by molar-refractivity contribution is -0.121. The highest BCUT2D eigenvalue weighted by Gasteiger charge is 2.30. The number of nitrogens with one attached hydrogen (secondary N) is 1. The van der Waals surface area contributed by atoms with Crippen LogP contribution in [0.3, 0.4) is 0 Å². The van der Waals surface area contributed by atoms with Gasteiger partial charge in [0.15, 0.2) is 5.82 Å². The van der Waals surface area contributed by atoms with Crippen molar-refractivity contribution in [2.75, 3.05) is 18.4 Å². The molecule has 1 aromatic heterocycles. The number of hydrogen-bond acceptors (Lipinski definition) is 5. The van der Waals surface area contributed by atoms with Crippen molar-refractivity contribution in [1.82, 2.24) is 10.1 Å². The predicted octanol–water partition coefficient (Wildman–Crippen LogP) is 2.26. The summed E-state index contributed by atoms with van der Waals surface area (Å²) >= 11 is 0. The second kappa shape index (κ2) is 6.15. The van der Waals surface area contributed by atoms with E-state index < -0.39 is 5.60 Å². The molecule has 2 amide bonds. The Morgan fingerprint density at radius 1 is 1.38 bits per heavy atom. The number of hydrogen-bond donors (Lipinski definition) is 1. The molecule has 2 rings (SSSR count). The van der Waals surface area contributed by atoms with Gasteiger partial charge in [0.05, 0.1) is 0 Å². The third kappa shape index (κ3) is 4.47. The first kappa shape index (κ1) is 15.3. The molecule has 1 aliphatic heterocycles. The Labute approximate surface area is 123 Å². The van der Waals surface area contributed by atoms with Crippen molar-refractivity contribution in [1.29, 1.82) is 0 Å². The van der Waals surface area contributed by atoms with Gasteiger partial charge in [-0.3, -0.25) is 4.79 Å². The number of carbonyl (C=O) groups excluding carboxylic acids is 2. The maximum absolute atomic E-state index is 12.0. The monoisotopic (exact) mass is 295 g/mol. The van der Waals surface area contributed by atoms with Gasteiger partial charge in [-0.2, -0.15) is 0 Å². The van der Waals surface area contributed by atoms with Crippen LogP contribution in [-0.2, 0) is 9.53 Å². The smallest absolute Gasteiger partial charge is 0.410 e. The van der Waals surface area contributed by atoms with Crippen LogP contribution in [0.2, 0.25) is 0 Å². The van der Waals surface area contributed by atoms with Gasteiger partial charge < -0.3 is 19.5 Å². The number of likely N-dealkylation sites (tertiary alicyclic amines) is 1. The molecule has 7 nitrogen and oxygen atoms in total. The predicted molar refractivity (Wildman–Crippen MR) is 75.7 cm³/mol. The topological polar surface area (TPSA) is 84.7 Å². The summed E-state index contributed by atoms with van der Waals surface area (Å²) in [4.78, 5) is 25.6. The molecule has 1 aromatic rings. The molecule has 1 aliphatic rings. The van der Waals surface area contributed by atoms with Gasteiger partial charge in [-0.1, -0.05) is 5.16 Å². The Balaban J connectivity index is 1.80. The number of anilines is 1. The van der Waals surface area contributed by atoms with E-state index in [2.05, 4.69) is 15.0 Å². The highest BCUT2D eigenvalue weighted by molar-refractivity contribution is 5.91. The minimum Gasteiger partial charge on any atom is -0.444 e. The van der Waals surface area contributed by atoms with E-state index in [-0.39, 0.29) is 17.9 Å². The van der Waals surface area contributed by atoms with Gasteiger partial charge >= 0.3 is 6.09 Å². The van der Waals surface area contributed by atoms with E-state index in [9.17, 15) is 9.59 Å². The average molecular weight is 295 g/mol. The minimum absolute atomic E-state index is 0.0901. The van der Waals surface area contributed by atoms with Crippen LogP contribution in [0.5, 0.6) is 0 Å². The minimum atomic E-state index is -0.502. The second-order valence-electron chi connectivity index (χ2n) is 6.12. The quantitative estimate of drug-likeness (QED) is 0.904. The molecule has 2 heterocycles. The number of amides is 2. The van der Waals surface area contributed by atoms with Crippen LogP contribution in [0.4, 0.5) is 10.6 Å². The Bertz CT molecular complexity index is 485. The molecule has 1 saturated heterocycles. The summed E-state index contributed by atoms with van der Waals surface area (Å²) in [5, 5.41) is 6.34. The molecule has 0 saturated carbocycles. The Morgan fingerprint density at radius 2 is 2.05 bits per heavy atom. The number of piperidine rings is 1. The lowest BCUT2D eigenvalue weighted by Crippen LogP contribution is -2.43. The number of nitrogens with zero attached hydrogens (tertiary/aromatic N) is 2. The molecule has 0 atom stereocenters. The zero-order valence-corrected chi connectivity index (χ0v) is 12.6. The maximum atomic E-state index is 12.0. The van der Waals surface area contributed by atoms with Crippen molar-refractivity contribution in [3.63, 3.8) is 0 Å². The third-order valence-electron chi connectivity index (χ3n) is 3.21. The SMILES string of the molecule is CC(C)(C)OC(=O)N1CCC(C(=O)Nc2ccon2)CC1. The molecule has 0 bridgehead atoms. The van der Waals surface area contributed by atoms with Crippen LogP contribution in [-0.4, -0.2) is 40.7 Å². The zero-order valence-electron chi connectivity index (χ0n) is 12.6. The molecule has 0 spiro atoms. The first-order valence-electron chi connectivity index (χ1n) is 7.04. The van der Waals surface area contributed by atoms with E-state index in [0.717, 1.165) is 0 Å². The average Bonchev–Trinajstić information content (AvgIpc) is 2.90. The van der Waals surface area contributed by atoms with Crippen LogP contribution in [0, 0.1) is 5.92 Å². The summed E-state index contributed by atoms with van der Waals surface area (Å²) in [7, 11) is 0. The maximum Gasteiger partial charge on any atom is 0.410 e. The molecule has 1 N–H and O–H groups in total. The summed E-state index contributed by atoms with van der Waals surface area (Å²) in [6.07, 6.45) is 2.31. The van der Waals surface area contributed by atoms with E-state index in [1.807, 2.05) is 20.8 Å². The summed E-state index contributed by atoms with van der Waals surface area (Å²) in [6, 6.07) is 1.59. The van der Waals surface area contributed by atoms with E-state index in [4.69, 9.17) is 4.74 Å². The molecule has 0 radical (unpaired) electrons. The van der Waals surface area contributed by atoms with Crippen LogP contribution >= 0.6 is 0 Å². The van der Waals surface area contributed by atoms with E-state index in [1.54, 1.807) is 11.0 Å². The van der Waals surface area contributed by atoms with Gasteiger partial charge in [0.1, 0.15) is 11.9 Å². The van der Waals surface area contributed by atoms with E-state index >= 15 is 0 Å². The van der Waals surface area contributed by atoms with Crippen LogP contribution in [0.1, 0.15) is 33.6 Å². The zero-order chi connectivity index (χ0) is 15.5. The lowest BCUT2D eigenvalue weighted by Gasteiger charge is -2.32. The Hall–Kier alpha value is -2.05. The first-order chi connectivity index (χ1) is 9.85. The highest BCUT2D eigenvalue weighted by Crippen LogP contribution is 2.21. The van der Waals surface area contributed by atoms with Gasteiger partial charge in [-0.25, -0.2) is 4.79 Å². The van der Waals surface area contributed by atoms with Crippen LogP contribution in [0.25, 0.3) is 0 Å². The number of aromatic nitrogens is 1. The van der Waals surface area contributed by atoms with E-state index in [1.165, 1.54) is 6.26 Å². The van der Waals surface area contributed by atoms with Crippen molar-refractivity contribution >= 4 is 17.8 Å². The highest BCUT2D eigenvalue weighted by atomic mass is 16.6. The second-order valence-corrected chi connectivity index (χ2v) is 6.12. The van der Waals surface area contributed by atoms with Gasteiger partial charge in [0, 0.05) is 25.1 Å². The summed E-state index contributed by atoms with van der Waals surface area (Å²) < 4.78 is 9.99. The fraction of sp³-hybridized carbons (Fsp3) is 0.643. The fourth-order valence-corrected chi connectivity index (χ4v) is 2.16. The van der Waals surface area contributed by atoms with Gasteiger partial charge in [0.25, 0.3) is 0 Å². The molecule has 0 unspecified atom stereocenters. The van der Waals surface area contributed by atoms with Crippen LogP contribution < -0.4 is 5.32 Å². The number of carbonyl (C=O) groups is 2. The fourth-order valence-electron chi connectivity index (χ4n) is 2.16. The Kier molecular flexibility index (Phi) is 4.50. The van der Waals surface area contributed by atoms with Crippen LogP contribution in [0.15, 0.2) is 16.9 Å². The van der Waals surface area contributed by atoms with Crippen molar-refractivity contribution in [2.45, 2.75) is 39.2 Å². The van der Waals surface area contributed by atoms with Gasteiger partial charge in [-0.15, -0.1) is 0 Å². The van der Waals surface area contributed by atoms with Crippen molar-refractivity contribution in [3.8, 4) is 0 Å². The Morgan fingerprint density at radius 3 is 2.57 bits per heavy atom. The number of ether oxygens (including phenoxy) is 1. The third-order valence-corrected chi connectivity index (χ3v) is 3.21.